The molecule has 0 spiro atoms. The first-order chi connectivity index (χ1) is 9.92. The number of anilines is 1. The first kappa shape index (κ1) is 15.3. The Morgan fingerprint density at radius 2 is 1.95 bits per heavy atom. The zero-order chi connectivity index (χ0) is 15.3. The zero-order valence-corrected chi connectivity index (χ0v) is 12.8. The molecule has 21 heavy (non-hydrogen) atoms. The molecule has 0 saturated carbocycles. The van der Waals surface area contributed by atoms with E-state index >= 15 is 0 Å². The lowest BCUT2D eigenvalue weighted by Crippen LogP contribution is -2.41. The van der Waals surface area contributed by atoms with Crippen molar-refractivity contribution in [2.75, 3.05) is 11.9 Å². The molecule has 1 aromatic carbocycles. The van der Waals surface area contributed by atoms with Crippen LogP contribution in [-0.4, -0.2) is 27.8 Å². The van der Waals surface area contributed by atoms with Gasteiger partial charge in [-0.25, -0.2) is 0 Å². The molecule has 0 fully saturated rings. The summed E-state index contributed by atoms with van der Waals surface area (Å²) in [6.07, 6.45) is 3.69. The summed E-state index contributed by atoms with van der Waals surface area (Å²) in [6, 6.07) is 9.71. The molecule has 1 amide bonds. The Morgan fingerprint density at radius 1 is 1.24 bits per heavy atom. The maximum Gasteiger partial charge on any atom is 0.238 e. The van der Waals surface area contributed by atoms with Crippen molar-refractivity contribution in [2.45, 2.75) is 32.9 Å². The fourth-order valence-electron chi connectivity index (χ4n) is 1.83. The molecule has 0 unspecified atom stereocenters. The van der Waals surface area contributed by atoms with Gasteiger partial charge < -0.3 is 10.6 Å². The summed E-state index contributed by atoms with van der Waals surface area (Å²) in [7, 11) is 0. The van der Waals surface area contributed by atoms with Crippen LogP contribution in [0.1, 0.15) is 26.3 Å². The molecule has 1 aromatic heterocycles. The molecule has 5 nitrogen and oxygen atoms in total. The van der Waals surface area contributed by atoms with Gasteiger partial charge in [0.05, 0.1) is 13.1 Å². The summed E-state index contributed by atoms with van der Waals surface area (Å²) in [5.74, 6) is -0.0373. The molecule has 112 valence electrons. The lowest BCUT2D eigenvalue weighted by Gasteiger charge is -2.20. The largest absolute Gasteiger partial charge is 0.325 e. The Bertz CT molecular complexity index is 567. The minimum atomic E-state index is -0.0645. The van der Waals surface area contributed by atoms with Gasteiger partial charge in [-0.05, 0) is 44.5 Å². The van der Waals surface area contributed by atoms with Crippen molar-refractivity contribution in [3.63, 3.8) is 0 Å². The number of amides is 1. The second-order valence-electron chi connectivity index (χ2n) is 6.05. The van der Waals surface area contributed by atoms with Crippen LogP contribution in [-0.2, 0) is 11.3 Å². The Labute approximate surface area is 125 Å². The van der Waals surface area contributed by atoms with Crippen LogP contribution in [0.2, 0.25) is 0 Å². The summed E-state index contributed by atoms with van der Waals surface area (Å²) >= 11 is 0. The monoisotopic (exact) mass is 286 g/mol. The summed E-state index contributed by atoms with van der Waals surface area (Å²) in [5, 5.41) is 10.2. The second kappa shape index (κ2) is 6.54. The van der Waals surface area contributed by atoms with Gasteiger partial charge in [0, 0.05) is 23.6 Å². The number of carbonyl (C=O) groups excluding carboxylic acids is 1. The number of nitrogens with one attached hydrogen (secondary N) is 2. The van der Waals surface area contributed by atoms with E-state index in [1.807, 2.05) is 62.0 Å². The van der Waals surface area contributed by atoms with Gasteiger partial charge in [0.1, 0.15) is 0 Å². The Morgan fingerprint density at radius 3 is 2.52 bits per heavy atom. The Balaban J connectivity index is 1.86. The summed E-state index contributed by atoms with van der Waals surface area (Å²) in [5.41, 5.74) is 1.88. The highest BCUT2D eigenvalue weighted by molar-refractivity contribution is 5.92. The van der Waals surface area contributed by atoms with E-state index in [9.17, 15) is 4.79 Å². The van der Waals surface area contributed by atoms with Crippen LogP contribution in [0.5, 0.6) is 0 Å². The van der Waals surface area contributed by atoms with Crippen molar-refractivity contribution >= 4 is 11.6 Å². The Kier molecular flexibility index (Phi) is 4.75. The molecule has 0 radical (unpaired) electrons. The van der Waals surface area contributed by atoms with E-state index in [4.69, 9.17) is 0 Å². The van der Waals surface area contributed by atoms with E-state index in [0.29, 0.717) is 6.54 Å². The fraction of sp³-hybridized carbons (Fsp3) is 0.375. The maximum absolute atomic E-state index is 11.8. The number of carbonyl (C=O) groups is 1. The van der Waals surface area contributed by atoms with E-state index in [-0.39, 0.29) is 11.4 Å². The van der Waals surface area contributed by atoms with Crippen LogP contribution in [0.3, 0.4) is 0 Å². The predicted molar refractivity (Wildman–Crippen MR) is 84.2 cm³/mol. The average molecular weight is 286 g/mol. The average Bonchev–Trinajstić information content (AvgIpc) is 2.91. The van der Waals surface area contributed by atoms with E-state index in [0.717, 1.165) is 17.8 Å². The highest BCUT2D eigenvalue weighted by atomic mass is 16.1. The zero-order valence-electron chi connectivity index (χ0n) is 12.8. The Hall–Kier alpha value is -2.14. The fourth-order valence-corrected chi connectivity index (χ4v) is 1.83. The summed E-state index contributed by atoms with van der Waals surface area (Å²) in [6.45, 7) is 7.13. The van der Waals surface area contributed by atoms with Crippen LogP contribution in [0.25, 0.3) is 0 Å². The van der Waals surface area contributed by atoms with E-state index in [1.165, 1.54) is 0 Å². The number of hydrogen-bond acceptors (Lipinski definition) is 3. The minimum absolute atomic E-state index is 0.0373. The third-order valence-corrected chi connectivity index (χ3v) is 2.92. The van der Waals surface area contributed by atoms with E-state index < -0.39 is 0 Å². The molecule has 0 saturated heterocycles. The molecule has 2 rings (SSSR count). The van der Waals surface area contributed by atoms with Crippen LogP contribution in [0, 0.1) is 0 Å². The molecule has 2 N–H and O–H groups in total. The van der Waals surface area contributed by atoms with Gasteiger partial charge in [-0.1, -0.05) is 12.1 Å². The van der Waals surface area contributed by atoms with Gasteiger partial charge in [-0.15, -0.1) is 0 Å². The molecular formula is C16H22N4O. The van der Waals surface area contributed by atoms with Crippen molar-refractivity contribution in [3.8, 4) is 0 Å². The van der Waals surface area contributed by atoms with Crippen molar-refractivity contribution in [1.29, 1.82) is 0 Å². The van der Waals surface area contributed by atoms with E-state index in [2.05, 4.69) is 15.7 Å². The summed E-state index contributed by atoms with van der Waals surface area (Å²) < 4.78 is 1.86. The van der Waals surface area contributed by atoms with Gasteiger partial charge in [0.15, 0.2) is 0 Å². The minimum Gasteiger partial charge on any atom is -0.325 e. The molecule has 0 bridgehead atoms. The molecule has 0 aliphatic heterocycles. The molecule has 2 aromatic rings. The maximum atomic E-state index is 11.8. The molecule has 0 aliphatic carbocycles. The molecular weight excluding hydrogens is 264 g/mol. The van der Waals surface area contributed by atoms with Crippen LogP contribution in [0.15, 0.2) is 42.7 Å². The highest BCUT2D eigenvalue weighted by Crippen LogP contribution is 2.10. The quantitative estimate of drug-likeness (QED) is 0.886. The van der Waals surface area contributed by atoms with Crippen molar-refractivity contribution in [2.24, 2.45) is 0 Å². The van der Waals surface area contributed by atoms with Crippen molar-refractivity contribution < 1.29 is 4.79 Å². The predicted octanol–water partition coefficient (Wildman–Crippen LogP) is 2.26. The smallest absolute Gasteiger partial charge is 0.238 e. The highest BCUT2D eigenvalue weighted by Gasteiger charge is 2.11. The van der Waals surface area contributed by atoms with Gasteiger partial charge in [-0.2, -0.15) is 5.10 Å². The topological polar surface area (TPSA) is 59.0 Å². The standard InChI is InChI=1S/C16H22N4O/c1-16(2,3)17-11-15(21)19-14-7-5-13(6-8-14)12-20-10-4-9-18-20/h4-10,17H,11-12H2,1-3H3,(H,19,21). The second-order valence-corrected chi connectivity index (χ2v) is 6.05. The number of hydrogen-bond donors (Lipinski definition) is 2. The van der Waals surface area contributed by atoms with Crippen LogP contribution < -0.4 is 10.6 Å². The third-order valence-electron chi connectivity index (χ3n) is 2.92. The molecule has 0 atom stereocenters. The summed E-state index contributed by atoms with van der Waals surface area (Å²) in [4.78, 5) is 11.8. The number of nitrogens with zero attached hydrogens (tertiary/aromatic N) is 2. The van der Waals surface area contributed by atoms with Crippen molar-refractivity contribution in [3.05, 3.63) is 48.3 Å². The van der Waals surface area contributed by atoms with Gasteiger partial charge in [0.2, 0.25) is 5.91 Å². The van der Waals surface area contributed by atoms with Crippen LogP contribution >= 0.6 is 0 Å². The molecule has 5 heteroatoms. The SMILES string of the molecule is CC(C)(C)NCC(=O)Nc1ccc(Cn2cccn2)cc1. The van der Waals surface area contributed by atoms with Crippen molar-refractivity contribution in [1.82, 2.24) is 15.1 Å². The molecule has 0 aliphatic rings. The first-order valence-electron chi connectivity index (χ1n) is 7.04. The lowest BCUT2D eigenvalue weighted by molar-refractivity contribution is -0.115. The number of aromatic nitrogens is 2. The van der Waals surface area contributed by atoms with Gasteiger partial charge in [0.25, 0.3) is 0 Å². The van der Waals surface area contributed by atoms with Gasteiger partial charge in [-0.3, -0.25) is 9.48 Å². The van der Waals surface area contributed by atoms with Gasteiger partial charge >= 0.3 is 0 Å². The lowest BCUT2D eigenvalue weighted by atomic mass is 10.1. The number of rotatable bonds is 5. The molecule has 1 heterocycles. The van der Waals surface area contributed by atoms with E-state index in [1.54, 1.807) is 6.20 Å². The van der Waals surface area contributed by atoms with Crippen LogP contribution in [0.4, 0.5) is 5.69 Å². The number of benzene rings is 1. The normalized spacial score (nSPS) is 11.4. The first-order valence-corrected chi connectivity index (χ1v) is 7.04. The third kappa shape index (κ3) is 5.39.